The minimum atomic E-state index is -1.77. The van der Waals surface area contributed by atoms with Gasteiger partial charge in [-0.15, -0.1) is 0 Å². The van der Waals surface area contributed by atoms with Gasteiger partial charge >= 0.3 is 17.8 Å². The van der Waals surface area contributed by atoms with E-state index in [-0.39, 0.29) is 25.8 Å². The lowest BCUT2D eigenvalue weighted by Gasteiger charge is -2.28. The Bertz CT molecular complexity index is 668. The van der Waals surface area contributed by atoms with Crippen molar-refractivity contribution in [2.24, 2.45) is 11.5 Å². The maximum Gasteiger partial charge on any atom is 0.316 e. The molecule has 0 atom stereocenters. The van der Waals surface area contributed by atoms with Crippen LogP contribution in [0.4, 0.5) is 0 Å². The fourth-order valence-electron chi connectivity index (χ4n) is 5.49. The van der Waals surface area contributed by atoms with Gasteiger partial charge in [0.15, 0.2) is 0 Å². The van der Waals surface area contributed by atoms with Crippen LogP contribution in [-0.4, -0.2) is 24.4 Å². The predicted molar refractivity (Wildman–Crippen MR) is 192 cm³/mol. The van der Waals surface area contributed by atoms with E-state index < -0.39 is 17.8 Å². The summed E-state index contributed by atoms with van der Waals surface area (Å²) >= 11 is 0. The summed E-state index contributed by atoms with van der Waals surface area (Å²) in [6.07, 6.45) is 41.1. The molecule has 0 aromatic rings. The molecule has 0 aliphatic rings. The van der Waals surface area contributed by atoms with Crippen molar-refractivity contribution < 1.29 is 19.1 Å². The quantitative estimate of drug-likeness (QED) is 0.0316. The number of nitrogens with two attached hydrogens (primary N) is 2. The van der Waals surface area contributed by atoms with E-state index >= 15 is 0 Å². The third kappa shape index (κ3) is 32.1. The third-order valence-electron chi connectivity index (χ3n) is 8.35. The van der Waals surface area contributed by atoms with Gasteiger partial charge in [-0.25, -0.2) is 0 Å². The molecule has 0 amide bonds. The van der Waals surface area contributed by atoms with Crippen molar-refractivity contribution in [3.05, 3.63) is 24.3 Å². The van der Waals surface area contributed by atoms with Gasteiger partial charge in [0.2, 0.25) is 0 Å². The Morgan fingerprint density at radius 2 is 0.778 bits per heavy atom. The van der Waals surface area contributed by atoms with E-state index in [1.807, 2.05) is 0 Å². The molecule has 0 saturated carbocycles. The lowest BCUT2D eigenvalue weighted by atomic mass is 10.1. The van der Waals surface area contributed by atoms with Gasteiger partial charge in [0.05, 0.1) is 6.42 Å². The van der Waals surface area contributed by atoms with E-state index in [1.54, 1.807) is 0 Å². The average Bonchev–Trinajstić information content (AvgIpc) is 3.01. The Morgan fingerprint density at radius 3 is 1.09 bits per heavy atom. The molecule has 6 heteroatoms. The summed E-state index contributed by atoms with van der Waals surface area (Å²) < 4.78 is 10.8. The minimum absolute atomic E-state index is 0.0865. The second-order valence-electron chi connectivity index (χ2n) is 13.0. The SMILES string of the molecule is CCCCCCCC/C=C\CCCCCCCC(=O)OC(N)(CCN)OC(=O)CCCCCCC/C=C\CCCCCCCC. The Hall–Kier alpha value is -1.66. The van der Waals surface area contributed by atoms with Crippen LogP contribution in [0.5, 0.6) is 0 Å². The summed E-state index contributed by atoms with van der Waals surface area (Å²) in [5.74, 6) is -2.64. The van der Waals surface area contributed by atoms with Crippen LogP contribution in [0, 0.1) is 0 Å². The molecule has 0 aromatic carbocycles. The van der Waals surface area contributed by atoms with Crippen LogP contribution in [0.15, 0.2) is 24.3 Å². The van der Waals surface area contributed by atoms with Gasteiger partial charge < -0.3 is 15.2 Å². The van der Waals surface area contributed by atoms with Crippen molar-refractivity contribution >= 4 is 11.9 Å². The zero-order valence-corrected chi connectivity index (χ0v) is 29.8. The number of carbonyl (C=O) groups is 2. The molecule has 0 rings (SSSR count). The maximum atomic E-state index is 12.4. The summed E-state index contributed by atoms with van der Waals surface area (Å²) in [6.45, 7) is 4.68. The number of esters is 2. The Balaban J connectivity index is 3.84. The van der Waals surface area contributed by atoms with Crippen LogP contribution in [0.3, 0.4) is 0 Å². The summed E-state index contributed by atoms with van der Waals surface area (Å²) in [5, 5.41) is 0. The number of hydrogen-bond donors (Lipinski definition) is 2. The first-order chi connectivity index (χ1) is 22.0. The molecule has 0 bridgehead atoms. The van der Waals surface area contributed by atoms with E-state index in [2.05, 4.69) is 38.2 Å². The highest BCUT2D eigenvalue weighted by molar-refractivity contribution is 5.72. The predicted octanol–water partition coefficient (Wildman–Crippen LogP) is 11.1. The van der Waals surface area contributed by atoms with Crippen LogP contribution in [0.1, 0.15) is 200 Å². The lowest BCUT2D eigenvalue weighted by Crippen LogP contribution is -2.50. The third-order valence-corrected chi connectivity index (χ3v) is 8.35. The molecule has 0 aromatic heterocycles. The molecule has 45 heavy (non-hydrogen) atoms. The molecule has 0 heterocycles. The lowest BCUT2D eigenvalue weighted by molar-refractivity contribution is -0.229. The second kappa shape index (κ2) is 33.7. The van der Waals surface area contributed by atoms with Crippen LogP contribution >= 0.6 is 0 Å². The normalized spacial score (nSPS) is 12.0. The molecule has 6 nitrogen and oxygen atoms in total. The van der Waals surface area contributed by atoms with Crippen molar-refractivity contribution in [2.45, 2.75) is 206 Å². The van der Waals surface area contributed by atoms with Gasteiger partial charge in [0.25, 0.3) is 0 Å². The molecule has 0 spiro atoms. The average molecular weight is 635 g/mol. The van der Waals surface area contributed by atoms with Gasteiger partial charge in [0.1, 0.15) is 0 Å². The summed E-state index contributed by atoms with van der Waals surface area (Å²) in [6, 6.07) is 0. The topological polar surface area (TPSA) is 105 Å². The molecule has 0 unspecified atom stereocenters. The van der Waals surface area contributed by atoms with Crippen LogP contribution in [0.25, 0.3) is 0 Å². The Kier molecular flexibility index (Phi) is 32.5. The largest absolute Gasteiger partial charge is 0.409 e. The molecular formula is C39H74N2O4. The molecule has 0 fully saturated rings. The van der Waals surface area contributed by atoms with Gasteiger partial charge in [-0.05, 0) is 64.2 Å². The minimum Gasteiger partial charge on any atom is -0.409 e. The summed E-state index contributed by atoms with van der Waals surface area (Å²) in [7, 11) is 0. The summed E-state index contributed by atoms with van der Waals surface area (Å²) in [5.41, 5.74) is 11.8. The van der Waals surface area contributed by atoms with Gasteiger partial charge in [-0.3, -0.25) is 15.3 Å². The highest BCUT2D eigenvalue weighted by Crippen LogP contribution is 2.17. The van der Waals surface area contributed by atoms with Crippen LogP contribution < -0.4 is 11.5 Å². The van der Waals surface area contributed by atoms with Crippen molar-refractivity contribution in [1.29, 1.82) is 0 Å². The number of carbonyl (C=O) groups excluding carboxylic acids is 2. The van der Waals surface area contributed by atoms with E-state index in [0.717, 1.165) is 51.4 Å². The molecule has 0 aliphatic carbocycles. The van der Waals surface area contributed by atoms with Crippen molar-refractivity contribution in [2.75, 3.05) is 6.54 Å². The molecule has 0 aliphatic heterocycles. The van der Waals surface area contributed by atoms with Crippen molar-refractivity contribution in [3.8, 4) is 0 Å². The molecule has 0 radical (unpaired) electrons. The molecule has 4 N–H and O–H groups in total. The Morgan fingerprint density at radius 1 is 0.489 bits per heavy atom. The Labute approximate surface area is 278 Å². The fourth-order valence-corrected chi connectivity index (χ4v) is 5.49. The van der Waals surface area contributed by atoms with E-state index in [0.29, 0.717) is 0 Å². The van der Waals surface area contributed by atoms with E-state index in [1.165, 1.54) is 116 Å². The fraction of sp³-hybridized carbons (Fsp3) is 0.846. The van der Waals surface area contributed by atoms with E-state index in [9.17, 15) is 9.59 Å². The number of allylic oxidation sites excluding steroid dienone is 4. The van der Waals surface area contributed by atoms with Gasteiger partial charge in [0, 0.05) is 19.4 Å². The second-order valence-corrected chi connectivity index (χ2v) is 13.0. The molecule has 0 saturated heterocycles. The first-order valence-electron chi connectivity index (χ1n) is 19.2. The molecular weight excluding hydrogens is 560 g/mol. The van der Waals surface area contributed by atoms with Crippen molar-refractivity contribution in [3.63, 3.8) is 0 Å². The first-order valence-corrected chi connectivity index (χ1v) is 19.2. The standard InChI is InChI=1S/C39H74N2O4/c1-3-5-7-9-11-13-15-17-19-21-23-25-27-29-31-33-37(42)44-39(41,35-36-40)45-38(43)34-32-30-28-26-24-22-20-18-16-14-12-10-8-6-4-2/h17-20H,3-16,21-36,40-41H2,1-2H3/b19-17-,20-18-. The highest BCUT2D eigenvalue weighted by Gasteiger charge is 2.33. The number of hydrogen-bond acceptors (Lipinski definition) is 6. The van der Waals surface area contributed by atoms with Crippen molar-refractivity contribution in [1.82, 2.24) is 0 Å². The molecule has 264 valence electrons. The maximum absolute atomic E-state index is 12.4. The number of rotatable bonds is 34. The van der Waals surface area contributed by atoms with E-state index in [4.69, 9.17) is 20.9 Å². The zero-order chi connectivity index (χ0) is 33.1. The van der Waals surface area contributed by atoms with Crippen LogP contribution in [-0.2, 0) is 19.1 Å². The highest BCUT2D eigenvalue weighted by atomic mass is 16.7. The van der Waals surface area contributed by atoms with Crippen LogP contribution in [0.2, 0.25) is 0 Å². The van der Waals surface area contributed by atoms with Gasteiger partial charge in [-0.1, -0.05) is 141 Å². The number of ether oxygens (including phenoxy) is 2. The zero-order valence-electron chi connectivity index (χ0n) is 29.8. The number of unbranched alkanes of at least 4 members (excludes halogenated alkanes) is 22. The smallest absolute Gasteiger partial charge is 0.316 e. The monoisotopic (exact) mass is 635 g/mol. The summed E-state index contributed by atoms with van der Waals surface area (Å²) in [4.78, 5) is 24.8. The van der Waals surface area contributed by atoms with Gasteiger partial charge in [-0.2, -0.15) is 0 Å². The first kappa shape index (κ1) is 43.3.